The topological polar surface area (TPSA) is 143 Å². The number of carbonyl (C=O) groups excluding carboxylic acids is 2. The van der Waals surface area contributed by atoms with Gasteiger partial charge in [-0.3, -0.25) is 9.78 Å². The second-order valence-corrected chi connectivity index (χ2v) is 14.6. The maximum Gasteiger partial charge on any atom is 0.334 e. The van der Waals surface area contributed by atoms with Crippen LogP contribution >= 0.6 is 23.2 Å². The number of aromatic nitrogens is 1. The maximum atomic E-state index is 14.0. The lowest BCUT2D eigenvalue weighted by atomic mass is 9.76. The molecule has 284 valence electrons. The van der Waals surface area contributed by atoms with Crippen LogP contribution in [0.5, 0.6) is 17.2 Å². The molecule has 1 aromatic heterocycles. The molecule has 3 aliphatic rings. The van der Waals surface area contributed by atoms with Crippen LogP contribution in [-0.4, -0.2) is 123 Å². The predicted molar refractivity (Wildman–Crippen MR) is 198 cm³/mol. The molecule has 0 saturated carbocycles. The van der Waals surface area contributed by atoms with Gasteiger partial charge in [0.15, 0.2) is 17.6 Å². The fraction of sp³-hybridized carbons (Fsp3) is 0.474. The van der Waals surface area contributed by atoms with Gasteiger partial charge >= 0.3 is 12.0 Å². The Morgan fingerprint density at radius 1 is 0.887 bits per heavy atom. The third kappa shape index (κ3) is 8.13. The number of hydrogen-bond donors (Lipinski definition) is 2. The number of ether oxygens (including phenoxy) is 4. The largest absolute Gasteiger partial charge is 0.493 e. The zero-order chi connectivity index (χ0) is 37.8. The van der Waals surface area contributed by atoms with Gasteiger partial charge in [-0.2, -0.15) is 0 Å². The molecule has 0 bridgehead atoms. The zero-order valence-electron chi connectivity index (χ0n) is 30.1. The minimum absolute atomic E-state index is 0.0183. The summed E-state index contributed by atoms with van der Waals surface area (Å²) in [4.78, 5) is 49.2. The number of carboxylic acids is 1. The van der Waals surface area contributed by atoms with Gasteiger partial charge in [0, 0.05) is 56.1 Å². The van der Waals surface area contributed by atoms with Crippen molar-refractivity contribution in [2.45, 2.75) is 42.7 Å². The molecule has 13 nitrogen and oxygen atoms in total. The molecule has 3 aromatic rings. The van der Waals surface area contributed by atoms with Crippen LogP contribution < -0.4 is 19.5 Å². The van der Waals surface area contributed by atoms with E-state index in [0.29, 0.717) is 78.4 Å². The lowest BCUT2D eigenvalue weighted by Crippen LogP contribution is -2.59. The summed E-state index contributed by atoms with van der Waals surface area (Å²) in [6.07, 6.45) is 5.14. The van der Waals surface area contributed by atoms with Crippen LogP contribution in [0.4, 0.5) is 4.79 Å². The summed E-state index contributed by atoms with van der Waals surface area (Å²) < 4.78 is 21.8. The van der Waals surface area contributed by atoms with E-state index in [1.807, 2.05) is 35.2 Å². The number of amides is 3. The zero-order valence-corrected chi connectivity index (χ0v) is 31.6. The number of rotatable bonds is 11. The predicted octanol–water partition coefficient (Wildman–Crippen LogP) is 5.07. The molecule has 4 heterocycles. The number of pyridine rings is 1. The minimum Gasteiger partial charge on any atom is -0.493 e. The van der Waals surface area contributed by atoms with Crippen LogP contribution in [0.15, 0.2) is 54.9 Å². The molecule has 3 aliphatic heterocycles. The Bertz CT molecular complexity index is 1780. The number of hydrogen-bond acceptors (Lipinski definition) is 9. The summed E-state index contributed by atoms with van der Waals surface area (Å²) in [5.74, 6) is -0.00124. The third-order valence-electron chi connectivity index (χ3n) is 10.9. The van der Waals surface area contributed by atoms with Crippen LogP contribution in [0.2, 0.25) is 10.0 Å². The van der Waals surface area contributed by atoms with E-state index < -0.39 is 23.0 Å². The Hall–Kier alpha value is -4.30. The first-order chi connectivity index (χ1) is 25.5. The third-order valence-corrected chi connectivity index (χ3v) is 11.6. The Morgan fingerprint density at radius 3 is 2.21 bits per heavy atom. The molecule has 3 amide bonds. The monoisotopic (exact) mass is 769 g/mol. The molecule has 3 fully saturated rings. The number of methoxy groups -OCH3 is 3. The lowest BCUT2D eigenvalue weighted by Gasteiger charge is -2.45. The van der Waals surface area contributed by atoms with Gasteiger partial charge in [-0.05, 0) is 79.8 Å². The van der Waals surface area contributed by atoms with Crippen molar-refractivity contribution in [1.82, 2.24) is 25.0 Å². The minimum atomic E-state index is -1.09. The van der Waals surface area contributed by atoms with E-state index in [0.717, 1.165) is 30.5 Å². The normalized spacial score (nSPS) is 21.6. The highest BCUT2D eigenvalue weighted by Gasteiger charge is 2.44. The summed E-state index contributed by atoms with van der Waals surface area (Å²) in [5.41, 5.74) is 1.35. The molecule has 15 heteroatoms. The number of halogens is 2. The van der Waals surface area contributed by atoms with Gasteiger partial charge in [0.2, 0.25) is 5.75 Å². The Labute approximate surface area is 319 Å². The summed E-state index contributed by atoms with van der Waals surface area (Å²) in [6, 6.07) is 12.6. The van der Waals surface area contributed by atoms with Gasteiger partial charge in [0.25, 0.3) is 5.91 Å². The summed E-state index contributed by atoms with van der Waals surface area (Å²) in [7, 11) is 4.56. The molecular weight excluding hydrogens is 725 g/mol. The van der Waals surface area contributed by atoms with Crippen LogP contribution in [-0.2, 0) is 20.5 Å². The number of morpholine rings is 1. The SMILES string of the molecule is COc1cc(C(=O)N2CCC(CCN3CCC(NC(=O)N4CCOC(C(=O)O)C4)(c4ccncc4)CC3)(c3ccc(Cl)c(Cl)c3)C2)cc(OC)c1OC. The molecule has 2 atom stereocenters. The van der Waals surface area contributed by atoms with E-state index in [1.54, 1.807) is 24.5 Å². The summed E-state index contributed by atoms with van der Waals surface area (Å²) in [6.45, 7) is 3.62. The fourth-order valence-electron chi connectivity index (χ4n) is 7.80. The highest BCUT2D eigenvalue weighted by atomic mass is 35.5. The average molecular weight is 771 g/mol. The van der Waals surface area contributed by atoms with E-state index in [9.17, 15) is 19.5 Å². The number of nitrogens with one attached hydrogen (secondary N) is 1. The quantitative estimate of drug-likeness (QED) is 0.271. The van der Waals surface area contributed by atoms with E-state index in [-0.39, 0.29) is 25.1 Å². The van der Waals surface area contributed by atoms with E-state index >= 15 is 0 Å². The van der Waals surface area contributed by atoms with Crippen molar-refractivity contribution in [3.8, 4) is 17.2 Å². The summed E-state index contributed by atoms with van der Waals surface area (Å²) >= 11 is 12.9. The molecule has 53 heavy (non-hydrogen) atoms. The number of nitrogens with zero attached hydrogens (tertiary/aromatic N) is 4. The Balaban J connectivity index is 1.19. The standard InChI is InChI=1S/C38H45Cl2N5O8/c1-50-30-20-25(21-31(51-2)33(30)52-3)34(46)45-17-9-37(24-45,27-4-5-28(39)29(40)22-27)8-14-43-15-10-38(11-16-43,26-6-12-41-13-7-26)42-36(49)44-18-19-53-32(23-44)35(47)48/h4-7,12-13,20-22,32H,8-11,14-19,23-24H2,1-3H3,(H,42,49)(H,47,48). The molecule has 3 saturated heterocycles. The molecule has 0 spiro atoms. The van der Waals surface area contributed by atoms with Gasteiger partial charge in [-0.25, -0.2) is 9.59 Å². The van der Waals surface area contributed by atoms with Crippen LogP contribution in [0.1, 0.15) is 47.2 Å². The second-order valence-electron chi connectivity index (χ2n) is 13.8. The number of likely N-dealkylation sites (tertiary alicyclic amines) is 2. The molecule has 2 aromatic carbocycles. The molecule has 2 N–H and O–H groups in total. The lowest BCUT2D eigenvalue weighted by molar-refractivity contribution is -0.154. The van der Waals surface area contributed by atoms with Crippen molar-refractivity contribution in [1.29, 1.82) is 0 Å². The van der Waals surface area contributed by atoms with Gasteiger partial charge in [-0.1, -0.05) is 29.3 Å². The Kier molecular flexibility index (Phi) is 11.9. The van der Waals surface area contributed by atoms with Gasteiger partial charge in [-0.15, -0.1) is 0 Å². The highest BCUT2D eigenvalue weighted by Crippen LogP contribution is 2.43. The fourth-order valence-corrected chi connectivity index (χ4v) is 8.10. The number of aliphatic carboxylic acids is 1. The molecule has 0 aliphatic carbocycles. The number of urea groups is 1. The van der Waals surface area contributed by atoms with Gasteiger partial charge in [0.1, 0.15) is 0 Å². The van der Waals surface area contributed by atoms with Crippen molar-refractivity contribution in [3.63, 3.8) is 0 Å². The number of carbonyl (C=O) groups is 3. The maximum absolute atomic E-state index is 14.0. The molecular formula is C38H45Cl2N5O8. The first-order valence-electron chi connectivity index (χ1n) is 17.6. The molecule has 0 radical (unpaired) electrons. The number of piperidine rings is 1. The van der Waals surface area contributed by atoms with Crippen molar-refractivity contribution in [2.75, 3.05) is 73.7 Å². The van der Waals surface area contributed by atoms with Crippen LogP contribution in [0.3, 0.4) is 0 Å². The van der Waals surface area contributed by atoms with Crippen molar-refractivity contribution >= 4 is 41.1 Å². The second kappa shape index (κ2) is 16.4. The van der Waals surface area contributed by atoms with Crippen molar-refractivity contribution in [3.05, 3.63) is 81.6 Å². The van der Waals surface area contributed by atoms with E-state index in [2.05, 4.69) is 15.2 Å². The highest BCUT2D eigenvalue weighted by molar-refractivity contribution is 6.42. The van der Waals surface area contributed by atoms with Crippen molar-refractivity contribution < 1.29 is 38.4 Å². The van der Waals surface area contributed by atoms with E-state index in [1.165, 1.54) is 26.2 Å². The molecule has 6 rings (SSSR count). The Morgan fingerprint density at radius 2 is 1.58 bits per heavy atom. The van der Waals surface area contributed by atoms with Crippen LogP contribution in [0.25, 0.3) is 0 Å². The first-order valence-corrected chi connectivity index (χ1v) is 18.4. The first kappa shape index (κ1) is 38.4. The number of benzene rings is 2. The smallest absolute Gasteiger partial charge is 0.334 e. The summed E-state index contributed by atoms with van der Waals surface area (Å²) in [5, 5.41) is 13.7. The molecule has 2 unspecified atom stereocenters. The van der Waals surface area contributed by atoms with Gasteiger partial charge < -0.3 is 44.1 Å². The van der Waals surface area contributed by atoms with Gasteiger partial charge in [0.05, 0.1) is 50.1 Å². The number of carboxylic acid groups (broad SMARTS) is 1. The van der Waals surface area contributed by atoms with Crippen LogP contribution in [0, 0.1) is 0 Å². The average Bonchev–Trinajstić information content (AvgIpc) is 3.63. The van der Waals surface area contributed by atoms with Crippen molar-refractivity contribution in [2.24, 2.45) is 0 Å². The van der Waals surface area contributed by atoms with E-state index in [4.69, 9.17) is 42.1 Å².